The summed E-state index contributed by atoms with van der Waals surface area (Å²) in [5.41, 5.74) is 2.35. The maximum absolute atomic E-state index is 11.9. The molecule has 0 aliphatic rings. The van der Waals surface area contributed by atoms with Gasteiger partial charge < -0.3 is 15.0 Å². The van der Waals surface area contributed by atoms with Gasteiger partial charge in [0.15, 0.2) is 0 Å². The van der Waals surface area contributed by atoms with E-state index in [1.54, 1.807) is 7.11 Å². The van der Waals surface area contributed by atoms with Crippen molar-refractivity contribution in [1.29, 1.82) is 0 Å². The molecule has 0 unspecified atom stereocenters. The molecule has 0 aromatic heterocycles. The molecular formula is C20H26N2O2. The summed E-state index contributed by atoms with van der Waals surface area (Å²) in [7, 11) is 3.72. The molecule has 0 aliphatic heterocycles. The number of methoxy groups -OCH3 is 1. The van der Waals surface area contributed by atoms with Crippen LogP contribution in [0.2, 0.25) is 0 Å². The van der Waals surface area contributed by atoms with Crippen LogP contribution in [0.4, 0.5) is 5.69 Å². The molecule has 4 nitrogen and oxygen atoms in total. The van der Waals surface area contributed by atoms with E-state index in [1.165, 1.54) is 5.69 Å². The zero-order valence-corrected chi connectivity index (χ0v) is 14.5. The average Bonchev–Trinajstić information content (AvgIpc) is 2.64. The minimum atomic E-state index is 0.105. The summed E-state index contributed by atoms with van der Waals surface area (Å²) in [6.45, 7) is 1.63. The Morgan fingerprint density at radius 1 is 1.08 bits per heavy atom. The highest BCUT2D eigenvalue weighted by Gasteiger charge is 2.03. The Kier molecular flexibility index (Phi) is 7.15. The number of hydrogen-bond donors (Lipinski definition) is 1. The van der Waals surface area contributed by atoms with E-state index in [1.807, 2.05) is 42.5 Å². The maximum Gasteiger partial charge on any atom is 0.220 e. The van der Waals surface area contributed by atoms with E-state index >= 15 is 0 Å². The highest BCUT2D eigenvalue weighted by Crippen LogP contribution is 2.13. The van der Waals surface area contributed by atoms with Gasteiger partial charge in [-0.1, -0.05) is 30.3 Å². The number of aryl methyl sites for hydroxylation is 1. The number of anilines is 1. The quantitative estimate of drug-likeness (QED) is 0.719. The Balaban J connectivity index is 1.61. The van der Waals surface area contributed by atoms with Gasteiger partial charge in [0, 0.05) is 32.2 Å². The van der Waals surface area contributed by atoms with Crippen LogP contribution in [0.1, 0.15) is 18.4 Å². The standard InChI is InChI=1S/C20H26N2O2/c1-22(18-7-4-3-5-8-18)16-6-15-21-20(23)14-11-17-9-12-19(24-2)13-10-17/h3-5,7-10,12-13H,6,11,14-16H2,1-2H3,(H,21,23). The van der Waals surface area contributed by atoms with Crippen molar-refractivity contribution in [2.24, 2.45) is 0 Å². The SMILES string of the molecule is COc1ccc(CCC(=O)NCCCN(C)c2ccccc2)cc1. The first kappa shape index (κ1) is 17.9. The predicted molar refractivity (Wildman–Crippen MR) is 98.7 cm³/mol. The molecule has 2 aromatic rings. The number of ether oxygens (including phenoxy) is 1. The second-order valence-corrected chi connectivity index (χ2v) is 5.81. The summed E-state index contributed by atoms with van der Waals surface area (Å²) < 4.78 is 5.13. The zero-order valence-electron chi connectivity index (χ0n) is 14.5. The van der Waals surface area contributed by atoms with Crippen molar-refractivity contribution in [3.63, 3.8) is 0 Å². The molecule has 1 N–H and O–H groups in total. The fourth-order valence-electron chi connectivity index (χ4n) is 2.49. The number of nitrogens with zero attached hydrogens (tertiary/aromatic N) is 1. The first-order valence-electron chi connectivity index (χ1n) is 8.35. The van der Waals surface area contributed by atoms with E-state index in [4.69, 9.17) is 4.74 Å². The lowest BCUT2D eigenvalue weighted by atomic mass is 10.1. The van der Waals surface area contributed by atoms with Gasteiger partial charge in [0.25, 0.3) is 0 Å². The van der Waals surface area contributed by atoms with Gasteiger partial charge in [-0.05, 0) is 42.7 Å². The summed E-state index contributed by atoms with van der Waals surface area (Å²) in [4.78, 5) is 14.1. The van der Waals surface area contributed by atoms with Crippen LogP contribution in [0.3, 0.4) is 0 Å². The van der Waals surface area contributed by atoms with Crippen LogP contribution in [0, 0.1) is 0 Å². The molecule has 0 saturated carbocycles. The van der Waals surface area contributed by atoms with Crippen molar-refractivity contribution in [2.45, 2.75) is 19.3 Å². The van der Waals surface area contributed by atoms with E-state index in [0.29, 0.717) is 13.0 Å². The van der Waals surface area contributed by atoms with Crippen LogP contribution >= 0.6 is 0 Å². The van der Waals surface area contributed by atoms with Crippen molar-refractivity contribution >= 4 is 11.6 Å². The second-order valence-electron chi connectivity index (χ2n) is 5.81. The smallest absolute Gasteiger partial charge is 0.220 e. The summed E-state index contributed by atoms with van der Waals surface area (Å²) >= 11 is 0. The zero-order chi connectivity index (χ0) is 17.2. The molecule has 0 fully saturated rings. The lowest BCUT2D eigenvalue weighted by molar-refractivity contribution is -0.121. The first-order valence-corrected chi connectivity index (χ1v) is 8.35. The molecule has 2 aromatic carbocycles. The Hall–Kier alpha value is -2.49. The number of carbonyl (C=O) groups excluding carboxylic acids is 1. The summed E-state index contributed by atoms with van der Waals surface area (Å²) in [5, 5.41) is 2.99. The number of nitrogens with one attached hydrogen (secondary N) is 1. The monoisotopic (exact) mass is 326 g/mol. The van der Waals surface area contributed by atoms with Crippen LogP contribution < -0.4 is 15.0 Å². The Labute approximate surface area is 144 Å². The van der Waals surface area contributed by atoms with Gasteiger partial charge >= 0.3 is 0 Å². The normalized spacial score (nSPS) is 10.2. The largest absolute Gasteiger partial charge is 0.497 e. The van der Waals surface area contributed by atoms with Crippen molar-refractivity contribution in [2.75, 3.05) is 32.1 Å². The van der Waals surface area contributed by atoms with Crippen molar-refractivity contribution in [3.05, 3.63) is 60.2 Å². The predicted octanol–water partition coefficient (Wildman–Crippen LogP) is 3.27. The summed E-state index contributed by atoms with van der Waals surface area (Å²) in [5.74, 6) is 0.943. The fraction of sp³-hybridized carbons (Fsp3) is 0.350. The fourth-order valence-corrected chi connectivity index (χ4v) is 2.49. The summed E-state index contributed by atoms with van der Waals surface area (Å²) in [6.07, 6.45) is 2.19. The minimum absolute atomic E-state index is 0.105. The molecule has 0 heterocycles. The molecule has 1 amide bonds. The molecule has 2 rings (SSSR count). The average molecular weight is 326 g/mol. The topological polar surface area (TPSA) is 41.6 Å². The molecule has 128 valence electrons. The van der Waals surface area contributed by atoms with Gasteiger partial charge in [0.2, 0.25) is 5.91 Å². The third-order valence-electron chi connectivity index (χ3n) is 3.99. The number of amides is 1. The number of benzene rings is 2. The molecule has 4 heteroatoms. The Morgan fingerprint density at radius 2 is 1.79 bits per heavy atom. The Bertz CT molecular complexity index is 611. The van der Waals surface area contributed by atoms with E-state index < -0.39 is 0 Å². The van der Waals surface area contributed by atoms with Crippen molar-refractivity contribution < 1.29 is 9.53 Å². The molecule has 24 heavy (non-hydrogen) atoms. The van der Waals surface area contributed by atoms with E-state index in [-0.39, 0.29) is 5.91 Å². The maximum atomic E-state index is 11.9. The van der Waals surface area contributed by atoms with Crippen molar-refractivity contribution in [3.8, 4) is 5.75 Å². The highest BCUT2D eigenvalue weighted by atomic mass is 16.5. The van der Waals surface area contributed by atoms with Gasteiger partial charge in [-0.15, -0.1) is 0 Å². The lowest BCUT2D eigenvalue weighted by Crippen LogP contribution is -2.28. The third-order valence-corrected chi connectivity index (χ3v) is 3.99. The van der Waals surface area contributed by atoms with Gasteiger partial charge in [0.05, 0.1) is 7.11 Å². The van der Waals surface area contributed by atoms with Crippen LogP contribution in [0.5, 0.6) is 5.75 Å². The van der Waals surface area contributed by atoms with Gasteiger partial charge in [-0.3, -0.25) is 4.79 Å². The lowest BCUT2D eigenvalue weighted by Gasteiger charge is -2.19. The number of para-hydroxylation sites is 1. The number of hydrogen-bond acceptors (Lipinski definition) is 3. The molecule has 0 radical (unpaired) electrons. The van der Waals surface area contributed by atoms with E-state index in [0.717, 1.165) is 30.7 Å². The third kappa shape index (κ3) is 5.95. The molecule has 0 spiro atoms. The van der Waals surface area contributed by atoms with Crippen LogP contribution in [-0.4, -0.2) is 33.2 Å². The molecule has 0 aliphatic carbocycles. The van der Waals surface area contributed by atoms with Gasteiger partial charge in [-0.2, -0.15) is 0 Å². The highest BCUT2D eigenvalue weighted by molar-refractivity contribution is 5.76. The van der Waals surface area contributed by atoms with E-state index in [9.17, 15) is 4.79 Å². The Morgan fingerprint density at radius 3 is 2.46 bits per heavy atom. The van der Waals surface area contributed by atoms with E-state index in [2.05, 4.69) is 29.4 Å². The van der Waals surface area contributed by atoms with Gasteiger partial charge in [0.1, 0.15) is 5.75 Å². The molecule has 0 saturated heterocycles. The molecular weight excluding hydrogens is 300 g/mol. The number of carbonyl (C=O) groups is 1. The van der Waals surface area contributed by atoms with Crippen LogP contribution in [-0.2, 0) is 11.2 Å². The first-order chi connectivity index (χ1) is 11.7. The molecule has 0 bridgehead atoms. The molecule has 0 atom stereocenters. The number of rotatable bonds is 9. The van der Waals surface area contributed by atoms with Crippen LogP contribution in [0.25, 0.3) is 0 Å². The second kappa shape index (κ2) is 9.60. The van der Waals surface area contributed by atoms with Gasteiger partial charge in [-0.25, -0.2) is 0 Å². The van der Waals surface area contributed by atoms with Crippen molar-refractivity contribution in [1.82, 2.24) is 5.32 Å². The van der Waals surface area contributed by atoms with Crippen LogP contribution in [0.15, 0.2) is 54.6 Å². The summed E-state index contributed by atoms with van der Waals surface area (Å²) in [6, 6.07) is 18.1. The minimum Gasteiger partial charge on any atom is -0.497 e.